The Bertz CT molecular complexity index is 1150. The fraction of sp³-hybridized carbons (Fsp3) is 0.263. The number of rotatable bonds is 8. The molecule has 2 aromatic heterocycles. The summed E-state index contributed by atoms with van der Waals surface area (Å²) in [5.41, 5.74) is 1.53. The number of nitrogens with one attached hydrogen (secondary N) is 3. The van der Waals surface area contributed by atoms with E-state index in [4.69, 9.17) is 0 Å². The molecule has 3 N–H and O–H groups in total. The van der Waals surface area contributed by atoms with Crippen LogP contribution in [-0.4, -0.2) is 32.4 Å². The molecule has 3 aromatic rings. The Labute approximate surface area is 166 Å². The van der Waals surface area contributed by atoms with Gasteiger partial charge in [0.05, 0.1) is 4.90 Å². The highest BCUT2D eigenvalue weighted by Crippen LogP contribution is 2.16. The number of carbonyl (C=O) groups excluding carboxylic acids is 1. The van der Waals surface area contributed by atoms with Gasteiger partial charge in [-0.25, -0.2) is 13.1 Å². The van der Waals surface area contributed by atoms with E-state index >= 15 is 0 Å². The molecule has 0 saturated carbocycles. The number of fused-ring (bicyclic) bond motifs is 1. The number of thiophene rings is 1. The van der Waals surface area contributed by atoms with Gasteiger partial charge in [-0.1, -0.05) is 0 Å². The molecule has 0 spiro atoms. The van der Waals surface area contributed by atoms with Crippen LogP contribution in [-0.2, 0) is 21.2 Å². The summed E-state index contributed by atoms with van der Waals surface area (Å²) in [6.45, 7) is 2.57. The summed E-state index contributed by atoms with van der Waals surface area (Å²) in [5.74, 6) is -0.201. The molecule has 0 fully saturated rings. The minimum Gasteiger partial charge on any atom is -0.356 e. The number of aromatic nitrogens is 1. The van der Waals surface area contributed by atoms with Crippen molar-refractivity contribution in [1.82, 2.24) is 15.0 Å². The topological polar surface area (TPSA) is 108 Å². The molecular weight excluding hydrogens is 398 g/mol. The highest BCUT2D eigenvalue weighted by molar-refractivity contribution is 7.89. The van der Waals surface area contributed by atoms with Gasteiger partial charge in [-0.05, 0) is 60.0 Å². The summed E-state index contributed by atoms with van der Waals surface area (Å²) in [7, 11) is -3.74. The molecule has 0 bridgehead atoms. The first-order valence-corrected chi connectivity index (χ1v) is 11.1. The third-order valence-electron chi connectivity index (χ3n) is 4.29. The number of benzene rings is 1. The number of hydrogen-bond acceptors (Lipinski definition) is 5. The lowest BCUT2D eigenvalue weighted by molar-refractivity contribution is -0.120. The number of aromatic amines is 1. The maximum absolute atomic E-state index is 12.4. The van der Waals surface area contributed by atoms with E-state index in [1.807, 2.05) is 18.4 Å². The van der Waals surface area contributed by atoms with Crippen LogP contribution in [0.25, 0.3) is 10.9 Å². The van der Waals surface area contributed by atoms with E-state index in [1.165, 1.54) is 28.6 Å². The summed E-state index contributed by atoms with van der Waals surface area (Å²) >= 11 is 1.66. The van der Waals surface area contributed by atoms with Crippen LogP contribution in [0.3, 0.4) is 0 Å². The average Bonchev–Trinajstić information content (AvgIpc) is 3.06. The molecule has 148 valence electrons. The molecule has 0 atom stereocenters. The largest absolute Gasteiger partial charge is 0.356 e. The van der Waals surface area contributed by atoms with E-state index in [0.29, 0.717) is 17.4 Å². The fourth-order valence-electron chi connectivity index (χ4n) is 2.75. The molecule has 1 aromatic carbocycles. The second kappa shape index (κ2) is 8.68. The van der Waals surface area contributed by atoms with Crippen molar-refractivity contribution in [2.75, 3.05) is 13.1 Å². The first-order valence-electron chi connectivity index (χ1n) is 8.77. The zero-order valence-electron chi connectivity index (χ0n) is 15.3. The quantitative estimate of drug-likeness (QED) is 0.518. The number of H-pyrrole nitrogens is 1. The maximum atomic E-state index is 12.4. The number of hydrogen-bond donors (Lipinski definition) is 3. The van der Waals surface area contributed by atoms with Crippen LogP contribution in [0.1, 0.15) is 16.9 Å². The van der Waals surface area contributed by atoms with Gasteiger partial charge < -0.3 is 10.3 Å². The molecule has 2 heterocycles. The minimum atomic E-state index is -3.74. The highest BCUT2D eigenvalue weighted by Gasteiger charge is 2.15. The second-order valence-electron chi connectivity index (χ2n) is 6.35. The number of aryl methyl sites for hydroxylation is 1. The lowest BCUT2D eigenvalue weighted by Crippen LogP contribution is -2.31. The van der Waals surface area contributed by atoms with Crippen LogP contribution in [0.5, 0.6) is 0 Å². The van der Waals surface area contributed by atoms with Crippen LogP contribution in [0.15, 0.2) is 51.5 Å². The molecule has 9 heteroatoms. The monoisotopic (exact) mass is 419 g/mol. The summed E-state index contributed by atoms with van der Waals surface area (Å²) in [6, 6.07) is 9.40. The lowest BCUT2D eigenvalue weighted by atomic mass is 10.2. The average molecular weight is 420 g/mol. The molecule has 0 unspecified atom stereocenters. The minimum absolute atomic E-state index is 0.00978. The summed E-state index contributed by atoms with van der Waals surface area (Å²) in [6.07, 6.45) is 0.823. The first kappa shape index (κ1) is 20.2. The van der Waals surface area contributed by atoms with E-state index in [9.17, 15) is 18.0 Å². The van der Waals surface area contributed by atoms with Crippen LogP contribution < -0.4 is 15.6 Å². The molecular formula is C19H21N3O4S2. The number of amides is 1. The van der Waals surface area contributed by atoms with Crippen molar-refractivity contribution < 1.29 is 13.2 Å². The van der Waals surface area contributed by atoms with E-state index < -0.39 is 10.0 Å². The predicted octanol–water partition coefficient (Wildman–Crippen LogP) is 1.93. The molecule has 3 rings (SSSR count). The molecule has 0 aliphatic heterocycles. The molecule has 0 aliphatic rings. The van der Waals surface area contributed by atoms with Crippen LogP contribution >= 0.6 is 11.3 Å². The summed E-state index contributed by atoms with van der Waals surface area (Å²) < 4.78 is 27.3. The van der Waals surface area contributed by atoms with Gasteiger partial charge in [0.2, 0.25) is 21.5 Å². The van der Waals surface area contributed by atoms with Crippen molar-refractivity contribution in [2.24, 2.45) is 0 Å². The smallest absolute Gasteiger partial charge is 0.248 e. The molecule has 28 heavy (non-hydrogen) atoms. The van der Waals surface area contributed by atoms with E-state index in [-0.39, 0.29) is 29.3 Å². The zero-order valence-corrected chi connectivity index (χ0v) is 17.0. The van der Waals surface area contributed by atoms with Gasteiger partial charge in [-0.2, -0.15) is 0 Å². The molecule has 0 saturated heterocycles. The number of sulfonamides is 1. The Hall–Kier alpha value is -2.49. The van der Waals surface area contributed by atoms with Crippen molar-refractivity contribution >= 4 is 38.2 Å². The second-order valence-corrected chi connectivity index (χ2v) is 9.11. The van der Waals surface area contributed by atoms with E-state index in [2.05, 4.69) is 15.0 Å². The lowest BCUT2D eigenvalue weighted by Gasteiger charge is -2.08. The highest BCUT2D eigenvalue weighted by atomic mass is 32.2. The fourth-order valence-corrected chi connectivity index (χ4v) is 4.72. The van der Waals surface area contributed by atoms with E-state index in [0.717, 1.165) is 6.42 Å². The SMILES string of the molecule is Cc1ccsc1CCNC(=O)CCNS(=O)(=O)c1ccc2[nH]c(=O)ccc2c1. The molecule has 7 nitrogen and oxygen atoms in total. The van der Waals surface area contributed by atoms with Crippen LogP contribution in [0.2, 0.25) is 0 Å². The Morgan fingerprint density at radius 1 is 1.14 bits per heavy atom. The third-order valence-corrected chi connectivity index (χ3v) is 6.83. The molecule has 0 radical (unpaired) electrons. The predicted molar refractivity (Wildman–Crippen MR) is 110 cm³/mol. The van der Waals surface area contributed by atoms with Gasteiger partial charge in [0.25, 0.3) is 0 Å². The molecule has 1 amide bonds. The number of carbonyl (C=O) groups is 1. The number of pyridine rings is 1. The molecule has 0 aliphatic carbocycles. The summed E-state index contributed by atoms with van der Waals surface area (Å²) in [4.78, 5) is 27.2. The van der Waals surface area contributed by atoms with Crippen molar-refractivity contribution in [1.29, 1.82) is 0 Å². The van der Waals surface area contributed by atoms with Crippen LogP contribution in [0.4, 0.5) is 0 Å². The van der Waals surface area contributed by atoms with E-state index in [1.54, 1.807) is 23.5 Å². The van der Waals surface area contributed by atoms with Gasteiger partial charge in [-0.3, -0.25) is 9.59 Å². The van der Waals surface area contributed by atoms with Crippen molar-refractivity contribution in [3.05, 3.63) is 62.6 Å². The Morgan fingerprint density at radius 2 is 1.96 bits per heavy atom. The van der Waals surface area contributed by atoms with Gasteiger partial charge in [0, 0.05) is 36.0 Å². The summed E-state index contributed by atoms with van der Waals surface area (Å²) in [5, 5.41) is 5.44. The first-order chi connectivity index (χ1) is 13.3. The van der Waals surface area contributed by atoms with Crippen LogP contribution in [0, 0.1) is 6.92 Å². The maximum Gasteiger partial charge on any atom is 0.248 e. The van der Waals surface area contributed by atoms with Gasteiger partial charge >= 0.3 is 0 Å². The van der Waals surface area contributed by atoms with Gasteiger partial charge in [0.1, 0.15) is 0 Å². The Kier molecular flexibility index (Phi) is 6.28. The van der Waals surface area contributed by atoms with Crippen molar-refractivity contribution in [3.8, 4) is 0 Å². The third kappa shape index (κ3) is 5.06. The van der Waals surface area contributed by atoms with Crippen molar-refractivity contribution in [2.45, 2.75) is 24.7 Å². The standard InChI is InChI=1S/C19H21N3O4S2/c1-13-8-11-27-17(13)6-9-20-18(23)7-10-21-28(25,26)15-3-4-16-14(12-15)2-5-19(24)22-16/h2-5,8,11-12,21H,6-7,9-10H2,1H3,(H,20,23)(H,22,24). The Balaban J connectivity index is 1.50. The van der Waals surface area contributed by atoms with Crippen molar-refractivity contribution in [3.63, 3.8) is 0 Å². The van der Waals surface area contributed by atoms with Gasteiger partial charge in [-0.15, -0.1) is 11.3 Å². The Morgan fingerprint density at radius 3 is 2.71 bits per heavy atom. The van der Waals surface area contributed by atoms with Gasteiger partial charge in [0.15, 0.2) is 0 Å². The normalized spacial score (nSPS) is 11.6. The zero-order chi connectivity index (χ0) is 20.1.